The van der Waals surface area contributed by atoms with Crippen LogP contribution in [0.4, 0.5) is 0 Å². The van der Waals surface area contributed by atoms with Crippen molar-refractivity contribution >= 4 is 23.9 Å². The summed E-state index contributed by atoms with van der Waals surface area (Å²) in [6, 6.07) is 24.1. The molecule has 0 saturated carbocycles. The third-order valence-electron chi connectivity index (χ3n) is 13.1. The number of amides is 2. The van der Waals surface area contributed by atoms with Crippen LogP contribution in [0.3, 0.4) is 0 Å². The smallest absolute Gasteiger partial charge is 0.373 e. The van der Waals surface area contributed by atoms with E-state index in [2.05, 4.69) is 62.8 Å². The molecule has 4 aromatic rings. The summed E-state index contributed by atoms with van der Waals surface area (Å²) in [6.45, 7) is 20.8. The van der Waals surface area contributed by atoms with E-state index >= 15 is 0 Å². The molecule has 2 aromatic carbocycles. The Labute approximate surface area is 457 Å². The molecule has 0 fully saturated rings. The SMILES string of the molecule is CC(C)CCOCCN1Cc2cc(OCCCCc3ccccn3)ccc2C[C@@H](CC(=O)O)C1=O.C[C@@H]1Cc2ccc(OCCCCc3ccccn3)cc2CN(CCOCCOCCOCCC(C)(C)C)C1=O.O=C=O. The molecule has 16 nitrogen and oxygen atoms in total. The van der Waals surface area contributed by atoms with Crippen molar-refractivity contribution < 1.29 is 57.5 Å². The Hall–Kier alpha value is -6.03. The second-order valence-corrected chi connectivity index (χ2v) is 21.3. The number of carbonyl (C=O) groups is 3. The van der Waals surface area contributed by atoms with Crippen molar-refractivity contribution in [3.8, 4) is 11.5 Å². The summed E-state index contributed by atoms with van der Waals surface area (Å²) in [7, 11) is 0. The number of pyridine rings is 2. The van der Waals surface area contributed by atoms with Crippen LogP contribution in [0, 0.1) is 23.2 Å². The highest BCUT2D eigenvalue weighted by atomic mass is 16.5. The highest BCUT2D eigenvalue weighted by molar-refractivity contribution is 5.84. The van der Waals surface area contributed by atoms with Crippen molar-refractivity contribution in [1.29, 1.82) is 0 Å². The van der Waals surface area contributed by atoms with Crippen LogP contribution in [0.25, 0.3) is 0 Å². The third kappa shape index (κ3) is 26.3. The zero-order valence-corrected chi connectivity index (χ0v) is 46.7. The van der Waals surface area contributed by atoms with Gasteiger partial charge in [0, 0.05) is 69.1 Å². The minimum atomic E-state index is -0.953. The average Bonchev–Trinajstić information content (AvgIpc) is 3.60. The number of carbonyl (C=O) groups excluding carboxylic acids is 4. The molecule has 0 spiro atoms. The van der Waals surface area contributed by atoms with E-state index in [0.717, 1.165) is 104 Å². The van der Waals surface area contributed by atoms with Crippen molar-refractivity contribution in [2.45, 2.75) is 125 Å². The number of carboxylic acid groups (broad SMARTS) is 1. The summed E-state index contributed by atoms with van der Waals surface area (Å²) >= 11 is 0. The number of hydrogen-bond donors (Lipinski definition) is 1. The molecule has 0 unspecified atom stereocenters. The van der Waals surface area contributed by atoms with E-state index in [4.69, 9.17) is 38.0 Å². The molecule has 6 rings (SSSR count). The third-order valence-corrected chi connectivity index (χ3v) is 13.1. The van der Waals surface area contributed by atoms with E-state index in [1.807, 2.05) is 78.8 Å². The number of aliphatic carboxylic acids is 1. The minimum absolute atomic E-state index is 0.0498. The van der Waals surface area contributed by atoms with Gasteiger partial charge in [0.1, 0.15) is 11.5 Å². The van der Waals surface area contributed by atoms with Gasteiger partial charge in [0.2, 0.25) is 11.8 Å². The predicted octanol–water partition coefficient (Wildman–Crippen LogP) is 9.43. The Morgan fingerprint density at radius 1 is 0.636 bits per heavy atom. The maximum Gasteiger partial charge on any atom is 0.373 e. The normalized spacial score (nSPS) is 15.2. The summed E-state index contributed by atoms with van der Waals surface area (Å²) in [5.74, 6) is 0.696. The molecule has 77 heavy (non-hydrogen) atoms. The van der Waals surface area contributed by atoms with E-state index in [1.54, 1.807) is 4.90 Å². The molecule has 0 saturated heterocycles. The second kappa shape index (κ2) is 36.1. The first-order valence-electron chi connectivity index (χ1n) is 27.5. The quantitative estimate of drug-likeness (QED) is 0.0469. The van der Waals surface area contributed by atoms with E-state index in [-0.39, 0.29) is 30.3 Å². The summed E-state index contributed by atoms with van der Waals surface area (Å²) in [6.07, 6.45) is 12.7. The lowest BCUT2D eigenvalue weighted by atomic mass is 9.93. The number of ether oxygens (including phenoxy) is 6. The number of benzene rings is 2. The van der Waals surface area contributed by atoms with Gasteiger partial charge in [-0.25, -0.2) is 0 Å². The van der Waals surface area contributed by atoms with Crippen molar-refractivity contribution in [2.75, 3.05) is 79.2 Å². The highest BCUT2D eigenvalue weighted by Crippen LogP contribution is 2.29. The van der Waals surface area contributed by atoms with Crippen LogP contribution in [0.15, 0.2) is 85.2 Å². The molecular formula is C61H86N4O12. The van der Waals surface area contributed by atoms with Gasteiger partial charge in [-0.2, -0.15) is 9.59 Å². The Kier molecular flexibility index (Phi) is 29.8. The number of hydrogen-bond acceptors (Lipinski definition) is 13. The first kappa shape index (κ1) is 63.5. The average molecular weight is 1070 g/mol. The molecule has 422 valence electrons. The topological polar surface area (TPSA) is 193 Å². The zero-order chi connectivity index (χ0) is 55.7. The molecular weight excluding hydrogens is 981 g/mol. The Balaban J connectivity index is 0.000000318. The second-order valence-electron chi connectivity index (χ2n) is 21.3. The number of unbranched alkanes of at least 4 members (excludes halogenated alkanes) is 2. The summed E-state index contributed by atoms with van der Waals surface area (Å²) in [5, 5.41) is 9.35. The molecule has 16 heteroatoms. The molecule has 2 atom stereocenters. The van der Waals surface area contributed by atoms with Crippen LogP contribution in [-0.4, -0.2) is 128 Å². The first-order chi connectivity index (χ1) is 37.1. The molecule has 0 bridgehead atoms. The number of aryl methyl sites for hydroxylation is 2. The summed E-state index contributed by atoms with van der Waals surface area (Å²) in [4.78, 5) is 66.2. The summed E-state index contributed by atoms with van der Waals surface area (Å²) < 4.78 is 34.8. The van der Waals surface area contributed by atoms with Gasteiger partial charge >= 0.3 is 12.1 Å². The van der Waals surface area contributed by atoms with E-state index in [1.165, 1.54) is 5.56 Å². The Morgan fingerprint density at radius 3 is 1.60 bits per heavy atom. The number of fused-ring (bicyclic) bond motifs is 2. The number of carboxylic acids is 1. The fourth-order valence-electron chi connectivity index (χ4n) is 8.71. The lowest BCUT2D eigenvalue weighted by Crippen LogP contribution is -2.37. The van der Waals surface area contributed by atoms with Crippen molar-refractivity contribution in [2.24, 2.45) is 23.2 Å². The van der Waals surface area contributed by atoms with E-state index in [9.17, 15) is 19.5 Å². The largest absolute Gasteiger partial charge is 0.494 e. The van der Waals surface area contributed by atoms with Gasteiger partial charge in [-0.3, -0.25) is 24.4 Å². The molecule has 0 aliphatic carbocycles. The van der Waals surface area contributed by atoms with Gasteiger partial charge in [0.15, 0.2) is 0 Å². The Bertz CT molecular complexity index is 2340. The van der Waals surface area contributed by atoms with Crippen LogP contribution in [0.5, 0.6) is 11.5 Å². The monoisotopic (exact) mass is 1070 g/mol. The van der Waals surface area contributed by atoms with Crippen LogP contribution in [0.2, 0.25) is 0 Å². The number of rotatable bonds is 31. The molecule has 2 aliphatic rings. The first-order valence-corrected chi connectivity index (χ1v) is 27.5. The molecule has 2 amide bonds. The van der Waals surface area contributed by atoms with Crippen molar-refractivity contribution in [3.05, 3.63) is 119 Å². The zero-order valence-electron chi connectivity index (χ0n) is 46.7. The molecule has 4 heterocycles. The van der Waals surface area contributed by atoms with Gasteiger partial charge in [0.05, 0.1) is 65.2 Å². The fraction of sp³-hybridized carbons (Fsp3) is 0.574. The summed E-state index contributed by atoms with van der Waals surface area (Å²) in [5.41, 5.74) is 6.91. The lowest BCUT2D eigenvalue weighted by Gasteiger charge is -2.24. The van der Waals surface area contributed by atoms with Crippen LogP contribution < -0.4 is 9.47 Å². The van der Waals surface area contributed by atoms with E-state index in [0.29, 0.717) is 103 Å². The van der Waals surface area contributed by atoms with Gasteiger partial charge < -0.3 is 43.3 Å². The fourth-order valence-corrected chi connectivity index (χ4v) is 8.71. The maximum atomic E-state index is 13.1. The van der Waals surface area contributed by atoms with Crippen LogP contribution in [0.1, 0.15) is 120 Å². The van der Waals surface area contributed by atoms with Gasteiger partial charge in [-0.15, -0.1) is 0 Å². The minimum Gasteiger partial charge on any atom is -0.494 e. The van der Waals surface area contributed by atoms with Crippen molar-refractivity contribution in [3.63, 3.8) is 0 Å². The molecule has 0 radical (unpaired) electrons. The molecule has 2 aliphatic heterocycles. The van der Waals surface area contributed by atoms with Gasteiger partial charge in [-0.05, 0) is 146 Å². The highest BCUT2D eigenvalue weighted by Gasteiger charge is 2.32. The van der Waals surface area contributed by atoms with E-state index < -0.39 is 11.9 Å². The molecule has 2 aromatic heterocycles. The standard InChI is InChI=1S/C32H48N2O5.C28H38N2O5.CO2/c1-26-23-27-11-12-30(39-16-8-6-10-29-9-5-7-14-33-29)24-28(27)25-34(31(26)35)15-18-37-20-22-38-21-19-36-17-13-32(2,3)4;1-21(2)11-15-34-16-13-30-20-24-18-26(35-14-6-4-8-25-7-3-5-12-29-25)10-9-22(24)17-23(28(30)33)19-27(31)32;2-1-3/h5,7,9,11-12,14,24,26H,6,8,10,13,15-23,25H2,1-4H3;3,5,7,9-10,12,18,21,23H,4,6,8,11,13-17,19-20H2,1-2H3,(H,31,32);/t26-;23-;/m10./s1. The van der Waals surface area contributed by atoms with Gasteiger partial charge in [0.25, 0.3) is 0 Å². The maximum absolute atomic E-state index is 13.1. The number of aromatic nitrogens is 2. The predicted molar refractivity (Wildman–Crippen MR) is 293 cm³/mol. The van der Waals surface area contributed by atoms with Crippen LogP contribution >= 0.6 is 0 Å². The van der Waals surface area contributed by atoms with Crippen molar-refractivity contribution in [1.82, 2.24) is 19.8 Å². The van der Waals surface area contributed by atoms with Gasteiger partial charge in [-0.1, -0.05) is 65.8 Å². The molecule has 1 N–H and O–H groups in total. The Morgan fingerprint density at radius 2 is 1.12 bits per heavy atom. The van der Waals surface area contributed by atoms with Crippen LogP contribution in [-0.2, 0) is 81.7 Å². The number of nitrogens with zero attached hydrogens (tertiary/aromatic N) is 4. The lowest BCUT2D eigenvalue weighted by molar-refractivity contribution is -0.191.